The van der Waals surface area contributed by atoms with Crippen LogP contribution in [0.5, 0.6) is 5.88 Å². The van der Waals surface area contributed by atoms with Crippen molar-refractivity contribution in [1.29, 1.82) is 0 Å². The zero-order valence-corrected chi connectivity index (χ0v) is 8.01. The Balaban J connectivity index is 2.72. The number of alkyl halides is 1. The van der Waals surface area contributed by atoms with E-state index in [1.807, 2.05) is 26.0 Å². The van der Waals surface area contributed by atoms with Gasteiger partial charge in [-0.3, -0.25) is 0 Å². The van der Waals surface area contributed by atoms with Gasteiger partial charge >= 0.3 is 0 Å². The van der Waals surface area contributed by atoms with Crippen molar-refractivity contribution in [2.45, 2.75) is 25.8 Å². The lowest BCUT2D eigenvalue weighted by molar-refractivity contribution is 0.232. The standard InChI is InChI=1S/C9H12ClNO/c1-7(2)12-9-5-8(6-10)3-4-11-9/h3-5,7H,6H2,1-2H3. The molecule has 2 nitrogen and oxygen atoms in total. The van der Waals surface area contributed by atoms with Crippen molar-refractivity contribution in [2.75, 3.05) is 0 Å². The van der Waals surface area contributed by atoms with Gasteiger partial charge < -0.3 is 4.74 Å². The summed E-state index contributed by atoms with van der Waals surface area (Å²) in [6.45, 7) is 3.93. The van der Waals surface area contributed by atoms with E-state index in [1.165, 1.54) is 0 Å². The Hall–Kier alpha value is -0.760. The summed E-state index contributed by atoms with van der Waals surface area (Å²) in [6, 6.07) is 3.73. The normalized spacial score (nSPS) is 10.3. The molecular weight excluding hydrogens is 174 g/mol. The maximum absolute atomic E-state index is 5.65. The van der Waals surface area contributed by atoms with E-state index in [0.29, 0.717) is 11.8 Å². The first kappa shape index (κ1) is 9.33. The molecule has 1 aromatic rings. The Labute approximate surface area is 77.5 Å². The van der Waals surface area contributed by atoms with Gasteiger partial charge in [0.05, 0.1) is 6.10 Å². The fourth-order valence-electron chi connectivity index (χ4n) is 0.840. The summed E-state index contributed by atoms with van der Waals surface area (Å²) in [5.74, 6) is 1.14. The summed E-state index contributed by atoms with van der Waals surface area (Å²) in [7, 11) is 0. The fourth-order valence-corrected chi connectivity index (χ4v) is 1.01. The zero-order chi connectivity index (χ0) is 8.97. The van der Waals surface area contributed by atoms with Gasteiger partial charge in [0.1, 0.15) is 0 Å². The van der Waals surface area contributed by atoms with Gasteiger partial charge in [-0.1, -0.05) is 0 Å². The summed E-state index contributed by atoms with van der Waals surface area (Å²) in [5, 5.41) is 0. The molecule has 0 N–H and O–H groups in total. The van der Waals surface area contributed by atoms with Crippen molar-refractivity contribution >= 4 is 11.6 Å². The maximum Gasteiger partial charge on any atom is 0.213 e. The molecule has 0 aliphatic rings. The van der Waals surface area contributed by atoms with Crippen molar-refractivity contribution in [2.24, 2.45) is 0 Å². The number of rotatable bonds is 3. The van der Waals surface area contributed by atoms with Gasteiger partial charge in [0.2, 0.25) is 5.88 Å². The van der Waals surface area contributed by atoms with E-state index in [2.05, 4.69) is 4.98 Å². The highest BCUT2D eigenvalue weighted by Gasteiger charge is 1.99. The minimum absolute atomic E-state index is 0.156. The third-order valence-corrected chi connectivity index (χ3v) is 1.62. The highest BCUT2D eigenvalue weighted by molar-refractivity contribution is 6.17. The second-order valence-corrected chi connectivity index (χ2v) is 3.07. The smallest absolute Gasteiger partial charge is 0.213 e. The Bertz CT molecular complexity index is 250. The van der Waals surface area contributed by atoms with Crippen LogP contribution in [0.3, 0.4) is 0 Å². The first-order valence-electron chi connectivity index (χ1n) is 3.90. The molecule has 3 heteroatoms. The zero-order valence-electron chi connectivity index (χ0n) is 7.25. The van der Waals surface area contributed by atoms with Gasteiger partial charge in [-0.25, -0.2) is 4.98 Å². The lowest BCUT2D eigenvalue weighted by Gasteiger charge is -2.08. The van der Waals surface area contributed by atoms with Crippen molar-refractivity contribution in [1.82, 2.24) is 4.98 Å². The van der Waals surface area contributed by atoms with Gasteiger partial charge in [-0.05, 0) is 25.5 Å². The van der Waals surface area contributed by atoms with Crippen LogP contribution in [0, 0.1) is 0 Å². The molecule has 0 aliphatic heterocycles. The predicted octanol–water partition coefficient (Wildman–Crippen LogP) is 2.61. The molecule has 1 heterocycles. The lowest BCUT2D eigenvalue weighted by atomic mass is 10.3. The lowest BCUT2D eigenvalue weighted by Crippen LogP contribution is -2.06. The molecule has 1 rings (SSSR count). The van der Waals surface area contributed by atoms with E-state index in [-0.39, 0.29) is 6.10 Å². The summed E-state index contributed by atoms with van der Waals surface area (Å²) in [5.41, 5.74) is 1.03. The third kappa shape index (κ3) is 2.70. The molecule has 0 atom stereocenters. The molecular formula is C9H12ClNO. The van der Waals surface area contributed by atoms with E-state index in [0.717, 1.165) is 5.56 Å². The Morgan fingerprint density at radius 3 is 2.92 bits per heavy atom. The van der Waals surface area contributed by atoms with Gasteiger partial charge in [-0.15, -0.1) is 11.6 Å². The maximum atomic E-state index is 5.65. The first-order chi connectivity index (χ1) is 5.72. The summed E-state index contributed by atoms with van der Waals surface area (Å²) >= 11 is 5.65. The highest BCUT2D eigenvalue weighted by atomic mass is 35.5. The largest absolute Gasteiger partial charge is 0.475 e. The van der Waals surface area contributed by atoms with Crippen LogP contribution in [0.1, 0.15) is 19.4 Å². The average Bonchev–Trinajstić information content (AvgIpc) is 2.03. The minimum Gasteiger partial charge on any atom is -0.475 e. The van der Waals surface area contributed by atoms with Crippen LogP contribution in [0.15, 0.2) is 18.3 Å². The fraction of sp³-hybridized carbons (Fsp3) is 0.444. The third-order valence-electron chi connectivity index (χ3n) is 1.31. The molecule has 0 bridgehead atoms. The van der Waals surface area contributed by atoms with Crippen LogP contribution in [0.2, 0.25) is 0 Å². The van der Waals surface area contributed by atoms with Crippen LogP contribution in [-0.2, 0) is 5.88 Å². The van der Waals surface area contributed by atoms with Gasteiger partial charge in [0.25, 0.3) is 0 Å². The number of hydrogen-bond acceptors (Lipinski definition) is 2. The van der Waals surface area contributed by atoms with Crippen molar-refractivity contribution < 1.29 is 4.74 Å². The van der Waals surface area contributed by atoms with Crippen LogP contribution in [-0.4, -0.2) is 11.1 Å². The summed E-state index contributed by atoms with van der Waals surface area (Å²) in [6.07, 6.45) is 1.86. The highest BCUT2D eigenvalue weighted by Crippen LogP contribution is 2.12. The van der Waals surface area contributed by atoms with E-state index in [4.69, 9.17) is 16.3 Å². The minimum atomic E-state index is 0.156. The Morgan fingerprint density at radius 2 is 2.33 bits per heavy atom. The van der Waals surface area contributed by atoms with Gasteiger partial charge in [-0.2, -0.15) is 0 Å². The molecule has 0 saturated heterocycles. The molecule has 1 aromatic heterocycles. The van der Waals surface area contributed by atoms with Crippen molar-refractivity contribution in [3.05, 3.63) is 23.9 Å². The van der Waals surface area contributed by atoms with E-state index in [9.17, 15) is 0 Å². The number of pyridine rings is 1. The molecule has 0 aliphatic carbocycles. The van der Waals surface area contributed by atoms with E-state index in [1.54, 1.807) is 6.20 Å². The quantitative estimate of drug-likeness (QED) is 0.676. The number of nitrogens with zero attached hydrogens (tertiary/aromatic N) is 1. The van der Waals surface area contributed by atoms with Gasteiger partial charge in [0.15, 0.2) is 0 Å². The topological polar surface area (TPSA) is 22.1 Å². The molecule has 66 valence electrons. The predicted molar refractivity (Wildman–Crippen MR) is 49.6 cm³/mol. The van der Waals surface area contributed by atoms with E-state index >= 15 is 0 Å². The first-order valence-corrected chi connectivity index (χ1v) is 4.43. The Kier molecular flexibility index (Phi) is 3.35. The molecule has 0 unspecified atom stereocenters. The molecule has 0 spiro atoms. The molecule has 12 heavy (non-hydrogen) atoms. The second-order valence-electron chi connectivity index (χ2n) is 2.80. The molecule has 0 amide bonds. The molecule has 0 aromatic carbocycles. The Morgan fingerprint density at radius 1 is 1.58 bits per heavy atom. The SMILES string of the molecule is CC(C)Oc1cc(CCl)ccn1. The summed E-state index contributed by atoms with van der Waals surface area (Å²) in [4.78, 5) is 4.05. The average molecular weight is 186 g/mol. The number of aromatic nitrogens is 1. The van der Waals surface area contributed by atoms with Crippen LogP contribution < -0.4 is 4.74 Å². The van der Waals surface area contributed by atoms with E-state index < -0.39 is 0 Å². The molecule has 0 fully saturated rings. The number of halogens is 1. The van der Waals surface area contributed by atoms with Gasteiger partial charge in [0, 0.05) is 18.1 Å². The molecule has 0 saturated carbocycles. The number of ether oxygens (including phenoxy) is 1. The van der Waals surface area contributed by atoms with Crippen molar-refractivity contribution in [3.63, 3.8) is 0 Å². The monoisotopic (exact) mass is 185 g/mol. The van der Waals surface area contributed by atoms with Crippen LogP contribution in [0.25, 0.3) is 0 Å². The van der Waals surface area contributed by atoms with Crippen LogP contribution in [0.4, 0.5) is 0 Å². The van der Waals surface area contributed by atoms with Crippen LogP contribution >= 0.6 is 11.6 Å². The van der Waals surface area contributed by atoms with Crippen molar-refractivity contribution in [3.8, 4) is 5.88 Å². The summed E-state index contributed by atoms with van der Waals surface area (Å²) < 4.78 is 5.39. The second kappa shape index (κ2) is 4.31. The number of hydrogen-bond donors (Lipinski definition) is 0. The molecule has 0 radical (unpaired) electrons.